The Balaban J connectivity index is 2.13. The van der Waals surface area contributed by atoms with E-state index < -0.39 is 6.10 Å². The van der Waals surface area contributed by atoms with E-state index in [1.54, 1.807) is 0 Å². The minimum atomic E-state index is -0.605. The van der Waals surface area contributed by atoms with Crippen molar-refractivity contribution in [2.45, 2.75) is 6.10 Å². The van der Waals surface area contributed by atoms with Crippen molar-refractivity contribution in [2.75, 3.05) is 13.2 Å². The Hall–Kier alpha value is -1.58. The number of fused-ring (bicyclic) bond motifs is 1. The largest absolute Gasteiger partial charge is 0.491 e. The van der Waals surface area contributed by atoms with E-state index in [0.717, 1.165) is 11.1 Å². The molecule has 16 heavy (non-hydrogen) atoms. The number of nitrogens with two attached hydrogens (primary N) is 1. The van der Waals surface area contributed by atoms with Gasteiger partial charge in [0.05, 0.1) is 0 Å². The van der Waals surface area contributed by atoms with Gasteiger partial charge in [-0.1, -0.05) is 30.3 Å². The molecule has 3 nitrogen and oxygen atoms in total. The van der Waals surface area contributed by atoms with E-state index in [1.807, 2.05) is 42.5 Å². The van der Waals surface area contributed by atoms with Crippen LogP contribution in [0.1, 0.15) is 0 Å². The van der Waals surface area contributed by atoms with Gasteiger partial charge in [-0.25, -0.2) is 0 Å². The molecule has 0 aromatic heterocycles. The molecule has 1 atom stereocenters. The molecule has 0 spiro atoms. The molecule has 0 saturated heterocycles. The van der Waals surface area contributed by atoms with Crippen LogP contribution >= 0.6 is 0 Å². The van der Waals surface area contributed by atoms with Gasteiger partial charge in [0.15, 0.2) is 0 Å². The fourth-order valence-corrected chi connectivity index (χ4v) is 1.52. The van der Waals surface area contributed by atoms with Crippen molar-refractivity contribution >= 4 is 10.8 Å². The van der Waals surface area contributed by atoms with Crippen LogP contribution in [0.4, 0.5) is 0 Å². The summed E-state index contributed by atoms with van der Waals surface area (Å²) in [6.07, 6.45) is -0.605. The van der Waals surface area contributed by atoms with Crippen LogP contribution in [0, 0.1) is 0 Å². The normalized spacial score (nSPS) is 12.6. The highest BCUT2D eigenvalue weighted by atomic mass is 16.5. The first-order valence-electron chi connectivity index (χ1n) is 5.29. The maximum Gasteiger partial charge on any atom is 0.120 e. The van der Waals surface area contributed by atoms with E-state index >= 15 is 0 Å². The van der Waals surface area contributed by atoms with Gasteiger partial charge in [0.1, 0.15) is 18.5 Å². The van der Waals surface area contributed by atoms with E-state index in [1.165, 1.54) is 5.39 Å². The van der Waals surface area contributed by atoms with Gasteiger partial charge in [0.2, 0.25) is 0 Å². The minimum absolute atomic E-state index is 0.216. The SMILES string of the molecule is NCC(O)COc1ccc2ccccc2c1. The fourth-order valence-electron chi connectivity index (χ4n) is 1.52. The standard InChI is InChI=1S/C13H15NO2/c14-8-12(15)9-16-13-6-5-10-3-1-2-4-11(10)7-13/h1-7,12,15H,8-9,14H2. The molecule has 2 aromatic carbocycles. The molecule has 0 amide bonds. The predicted molar refractivity (Wildman–Crippen MR) is 64.5 cm³/mol. The van der Waals surface area contributed by atoms with E-state index in [4.69, 9.17) is 10.5 Å². The van der Waals surface area contributed by atoms with Crippen LogP contribution in [0.5, 0.6) is 5.75 Å². The smallest absolute Gasteiger partial charge is 0.120 e. The Morgan fingerprint density at radius 3 is 2.62 bits per heavy atom. The van der Waals surface area contributed by atoms with Gasteiger partial charge in [-0.3, -0.25) is 0 Å². The van der Waals surface area contributed by atoms with Gasteiger partial charge in [-0.2, -0.15) is 0 Å². The lowest BCUT2D eigenvalue weighted by Crippen LogP contribution is -2.26. The van der Waals surface area contributed by atoms with Crippen molar-refractivity contribution in [3.8, 4) is 5.75 Å². The summed E-state index contributed by atoms with van der Waals surface area (Å²) in [7, 11) is 0. The molecule has 0 heterocycles. The third kappa shape index (κ3) is 2.51. The lowest BCUT2D eigenvalue weighted by molar-refractivity contribution is 0.114. The van der Waals surface area contributed by atoms with Crippen LogP contribution in [0.25, 0.3) is 10.8 Å². The van der Waals surface area contributed by atoms with Crippen molar-refractivity contribution < 1.29 is 9.84 Å². The van der Waals surface area contributed by atoms with Gasteiger partial charge in [0.25, 0.3) is 0 Å². The zero-order chi connectivity index (χ0) is 11.4. The highest BCUT2D eigenvalue weighted by molar-refractivity contribution is 5.83. The summed E-state index contributed by atoms with van der Waals surface area (Å²) in [5.74, 6) is 0.756. The average Bonchev–Trinajstić information content (AvgIpc) is 2.35. The number of ether oxygens (including phenoxy) is 1. The molecule has 0 aliphatic heterocycles. The summed E-state index contributed by atoms with van der Waals surface area (Å²) < 4.78 is 5.44. The number of rotatable bonds is 4. The van der Waals surface area contributed by atoms with Crippen molar-refractivity contribution in [3.05, 3.63) is 42.5 Å². The molecule has 0 aliphatic carbocycles. The van der Waals surface area contributed by atoms with Crippen LogP contribution in [0.2, 0.25) is 0 Å². The summed E-state index contributed by atoms with van der Waals surface area (Å²) in [4.78, 5) is 0. The first kappa shape index (κ1) is 10.9. The van der Waals surface area contributed by atoms with E-state index in [-0.39, 0.29) is 13.2 Å². The number of benzene rings is 2. The molecule has 0 bridgehead atoms. The van der Waals surface area contributed by atoms with Crippen molar-refractivity contribution in [3.63, 3.8) is 0 Å². The molecule has 3 heteroatoms. The van der Waals surface area contributed by atoms with Crippen molar-refractivity contribution in [1.29, 1.82) is 0 Å². The number of aliphatic hydroxyl groups is 1. The minimum Gasteiger partial charge on any atom is -0.491 e. The van der Waals surface area contributed by atoms with Gasteiger partial charge >= 0.3 is 0 Å². The summed E-state index contributed by atoms with van der Waals surface area (Å²) in [6.45, 7) is 0.447. The number of hydrogen-bond acceptors (Lipinski definition) is 3. The van der Waals surface area contributed by atoms with Gasteiger partial charge in [0, 0.05) is 6.54 Å². The Morgan fingerprint density at radius 2 is 1.88 bits per heavy atom. The molecule has 0 fully saturated rings. The lowest BCUT2D eigenvalue weighted by atomic mass is 10.1. The first-order chi connectivity index (χ1) is 7.79. The Labute approximate surface area is 94.5 Å². The summed E-state index contributed by atoms with van der Waals surface area (Å²) in [5.41, 5.74) is 5.30. The van der Waals surface area contributed by atoms with E-state index in [2.05, 4.69) is 0 Å². The van der Waals surface area contributed by atoms with Crippen molar-refractivity contribution in [2.24, 2.45) is 5.73 Å². The predicted octanol–water partition coefficient (Wildman–Crippen LogP) is 1.54. The zero-order valence-electron chi connectivity index (χ0n) is 8.97. The van der Waals surface area contributed by atoms with Crippen LogP contribution in [0.15, 0.2) is 42.5 Å². The second kappa shape index (κ2) is 4.96. The second-order valence-electron chi connectivity index (χ2n) is 3.71. The molecular formula is C13H15NO2. The molecule has 0 saturated carbocycles. The third-order valence-corrected chi connectivity index (χ3v) is 2.44. The number of aliphatic hydroxyl groups excluding tert-OH is 1. The Kier molecular flexibility index (Phi) is 3.39. The molecular weight excluding hydrogens is 202 g/mol. The first-order valence-corrected chi connectivity index (χ1v) is 5.29. The van der Waals surface area contributed by atoms with Crippen molar-refractivity contribution in [1.82, 2.24) is 0 Å². The van der Waals surface area contributed by atoms with Gasteiger partial charge < -0.3 is 15.6 Å². The molecule has 84 valence electrons. The topological polar surface area (TPSA) is 55.5 Å². The molecule has 3 N–H and O–H groups in total. The molecule has 1 unspecified atom stereocenters. The second-order valence-corrected chi connectivity index (χ2v) is 3.71. The molecule has 0 radical (unpaired) electrons. The van der Waals surface area contributed by atoms with Crippen LogP contribution < -0.4 is 10.5 Å². The van der Waals surface area contributed by atoms with E-state index in [9.17, 15) is 5.11 Å². The average molecular weight is 217 g/mol. The highest BCUT2D eigenvalue weighted by Gasteiger charge is 2.02. The maximum atomic E-state index is 9.28. The fraction of sp³-hybridized carbons (Fsp3) is 0.231. The third-order valence-electron chi connectivity index (χ3n) is 2.44. The Bertz CT molecular complexity index is 470. The monoisotopic (exact) mass is 217 g/mol. The maximum absolute atomic E-state index is 9.28. The van der Waals surface area contributed by atoms with Gasteiger partial charge in [-0.15, -0.1) is 0 Å². The van der Waals surface area contributed by atoms with Crippen LogP contribution in [-0.4, -0.2) is 24.4 Å². The molecule has 0 aliphatic rings. The zero-order valence-corrected chi connectivity index (χ0v) is 8.97. The highest BCUT2D eigenvalue weighted by Crippen LogP contribution is 2.20. The summed E-state index contributed by atoms with van der Waals surface area (Å²) in [6, 6.07) is 13.9. The van der Waals surface area contributed by atoms with E-state index in [0.29, 0.717) is 0 Å². The quantitative estimate of drug-likeness (QED) is 0.816. The van der Waals surface area contributed by atoms with Crippen LogP contribution in [0.3, 0.4) is 0 Å². The summed E-state index contributed by atoms with van der Waals surface area (Å²) >= 11 is 0. The molecule has 2 aromatic rings. The van der Waals surface area contributed by atoms with Gasteiger partial charge in [-0.05, 0) is 22.9 Å². The number of hydrogen-bond donors (Lipinski definition) is 2. The van der Waals surface area contributed by atoms with Crippen LogP contribution in [-0.2, 0) is 0 Å². The molecule has 2 rings (SSSR count). The Morgan fingerprint density at radius 1 is 1.12 bits per heavy atom. The summed E-state index contributed by atoms with van der Waals surface area (Å²) in [5, 5.41) is 11.6. The lowest BCUT2D eigenvalue weighted by Gasteiger charge is -2.10.